The monoisotopic (exact) mass is 357 g/mol. The number of nitrogens with zero attached hydrogens (tertiary/aromatic N) is 1. The molecule has 0 radical (unpaired) electrons. The normalized spacial score (nSPS) is 16.5. The number of halogens is 1. The lowest BCUT2D eigenvalue weighted by molar-refractivity contribution is -0.117. The highest BCUT2D eigenvalue weighted by atomic mass is 19.1. The van der Waals surface area contributed by atoms with E-state index in [0.717, 1.165) is 11.3 Å². The molecule has 1 atom stereocenters. The molecule has 3 rings (SSSR count). The lowest BCUT2D eigenvalue weighted by Gasteiger charge is -2.17. The molecule has 0 saturated carbocycles. The molecule has 0 aromatic heterocycles. The predicted octanol–water partition coefficient (Wildman–Crippen LogP) is 2.44. The van der Waals surface area contributed by atoms with Crippen LogP contribution < -0.4 is 20.3 Å². The molecule has 0 spiro atoms. The maximum atomic E-state index is 13.3. The van der Waals surface area contributed by atoms with Crippen LogP contribution in [0.1, 0.15) is 12.0 Å². The van der Waals surface area contributed by atoms with Gasteiger partial charge in [0.2, 0.25) is 5.91 Å². The van der Waals surface area contributed by atoms with Crippen molar-refractivity contribution in [1.29, 1.82) is 0 Å². The number of ether oxygens (including phenoxy) is 1. The number of carbonyl (C=O) groups is 2. The summed E-state index contributed by atoms with van der Waals surface area (Å²) in [5, 5.41) is 5.55. The summed E-state index contributed by atoms with van der Waals surface area (Å²) >= 11 is 0. The zero-order valence-electron chi connectivity index (χ0n) is 14.4. The SMILES string of the molecule is COc1ccc(CNC(=O)N[C@@H]2CC(=O)N(c3cccc(F)c3)C2)cc1. The molecular formula is C19H20FN3O3. The van der Waals surface area contributed by atoms with Crippen molar-refractivity contribution in [3.05, 3.63) is 59.9 Å². The van der Waals surface area contributed by atoms with Crippen LogP contribution in [0, 0.1) is 5.82 Å². The molecule has 1 aliphatic rings. The average Bonchev–Trinajstić information content (AvgIpc) is 3.00. The predicted molar refractivity (Wildman–Crippen MR) is 95.5 cm³/mol. The van der Waals surface area contributed by atoms with Gasteiger partial charge in [-0.25, -0.2) is 9.18 Å². The molecule has 1 fully saturated rings. The Labute approximate surface area is 150 Å². The Morgan fingerprint density at radius 2 is 2.04 bits per heavy atom. The summed E-state index contributed by atoms with van der Waals surface area (Å²) in [5.41, 5.74) is 1.43. The van der Waals surface area contributed by atoms with Gasteiger partial charge < -0.3 is 20.3 Å². The molecule has 1 aliphatic heterocycles. The standard InChI is InChI=1S/C19H20FN3O3/c1-26-17-7-5-13(6-8-17)11-21-19(25)22-15-10-18(24)23(12-15)16-4-2-3-14(20)9-16/h2-9,15H,10-12H2,1H3,(H2,21,22,25)/t15-/m1/s1. The Balaban J connectivity index is 1.51. The van der Waals surface area contributed by atoms with Gasteiger partial charge >= 0.3 is 6.03 Å². The lowest BCUT2D eigenvalue weighted by atomic mass is 10.2. The van der Waals surface area contributed by atoms with Crippen LogP contribution >= 0.6 is 0 Å². The van der Waals surface area contributed by atoms with E-state index in [2.05, 4.69) is 10.6 Å². The minimum absolute atomic E-state index is 0.143. The van der Waals surface area contributed by atoms with Crippen molar-refractivity contribution < 1.29 is 18.7 Å². The fourth-order valence-corrected chi connectivity index (χ4v) is 2.86. The van der Waals surface area contributed by atoms with Gasteiger partial charge in [-0.15, -0.1) is 0 Å². The molecule has 0 bridgehead atoms. The third kappa shape index (κ3) is 4.30. The second-order valence-corrected chi connectivity index (χ2v) is 6.06. The summed E-state index contributed by atoms with van der Waals surface area (Å²) in [6.45, 7) is 0.683. The smallest absolute Gasteiger partial charge is 0.315 e. The summed E-state index contributed by atoms with van der Waals surface area (Å²) < 4.78 is 18.4. The van der Waals surface area contributed by atoms with Crippen LogP contribution in [-0.2, 0) is 11.3 Å². The number of hydrogen-bond acceptors (Lipinski definition) is 3. The first-order valence-electron chi connectivity index (χ1n) is 8.28. The highest BCUT2D eigenvalue weighted by Crippen LogP contribution is 2.22. The van der Waals surface area contributed by atoms with E-state index in [4.69, 9.17) is 4.74 Å². The molecule has 3 amide bonds. The first-order valence-corrected chi connectivity index (χ1v) is 8.28. The molecule has 1 heterocycles. The van der Waals surface area contributed by atoms with Crippen molar-refractivity contribution in [2.24, 2.45) is 0 Å². The average molecular weight is 357 g/mol. The third-order valence-corrected chi connectivity index (χ3v) is 4.19. The van der Waals surface area contributed by atoms with E-state index in [0.29, 0.717) is 18.8 Å². The first kappa shape index (κ1) is 17.7. The van der Waals surface area contributed by atoms with E-state index in [1.54, 1.807) is 19.2 Å². The highest BCUT2D eigenvalue weighted by Gasteiger charge is 2.31. The molecule has 26 heavy (non-hydrogen) atoms. The largest absolute Gasteiger partial charge is 0.497 e. The van der Waals surface area contributed by atoms with Crippen molar-refractivity contribution in [2.45, 2.75) is 19.0 Å². The number of amides is 3. The van der Waals surface area contributed by atoms with Gasteiger partial charge in [-0.1, -0.05) is 18.2 Å². The van der Waals surface area contributed by atoms with Crippen LogP contribution in [0.5, 0.6) is 5.75 Å². The van der Waals surface area contributed by atoms with Gasteiger partial charge in [-0.05, 0) is 35.9 Å². The summed E-state index contributed by atoms with van der Waals surface area (Å²) in [6, 6.07) is 12.6. The van der Waals surface area contributed by atoms with Gasteiger partial charge in [0.1, 0.15) is 11.6 Å². The zero-order chi connectivity index (χ0) is 18.5. The quantitative estimate of drug-likeness (QED) is 0.863. The first-order chi connectivity index (χ1) is 12.5. The zero-order valence-corrected chi connectivity index (χ0v) is 14.4. The maximum absolute atomic E-state index is 13.3. The fraction of sp³-hybridized carbons (Fsp3) is 0.263. The molecular weight excluding hydrogens is 337 g/mol. The van der Waals surface area contributed by atoms with Crippen molar-refractivity contribution in [3.63, 3.8) is 0 Å². The molecule has 0 unspecified atom stereocenters. The number of rotatable bonds is 5. The van der Waals surface area contributed by atoms with Crippen molar-refractivity contribution in [2.75, 3.05) is 18.6 Å². The van der Waals surface area contributed by atoms with Crippen LogP contribution in [0.3, 0.4) is 0 Å². The number of nitrogens with one attached hydrogen (secondary N) is 2. The molecule has 1 saturated heterocycles. The molecule has 2 N–H and O–H groups in total. The maximum Gasteiger partial charge on any atom is 0.315 e. The number of benzene rings is 2. The van der Waals surface area contributed by atoms with Gasteiger partial charge in [0.25, 0.3) is 0 Å². The fourth-order valence-electron chi connectivity index (χ4n) is 2.86. The molecule has 7 heteroatoms. The van der Waals surface area contributed by atoms with E-state index >= 15 is 0 Å². The van der Waals surface area contributed by atoms with Gasteiger partial charge in [-0.3, -0.25) is 4.79 Å². The second kappa shape index (κ2) is 7.86. The van der Waals surface area contributed by atoms with E-state index in [9.17, 15) is 14.0 Å². The summed E-state index contributed by atoms with van der Waals surface area (Å²) in [6.07, 6.45) is 0.187. The number of hydrogen-bond donors (Lipinski definition) is 2. The second-order valence-electron chi connectivity index (χ2n) is 6.06. The summed E-state index contributed by atoms with van der Waals surface area (Å²) in [7, 11) is 1.59. The van der Waals surface area contributed by atoms with Gasteiger partial charge in [-0.2, -0.15) is 0 Å². The van der Waals surface area contributed by atoms with Gasteiger partial charge in [0.05, 0.1) is 13.2 Å². The van der Waals surface area contributed by atoms with E-state index in [-0.39, 0.29) is 24.4 Å². The number of carbonyl (C=O) groups excluding carboxylic acids is 2. The van der Waals surface area contributed by atoms with Crippen molar-refractivity contribution >= 4 is 17.6 Å². The summed E-state index contributed by atoms with van der Waals surface area (Å²) in [5.74, 6) is 0.208. The minimum Gasteiger partial charge on any atom is -0.497 e. The Bertz CT molecular complexity index is 795. The van der Waals surface area contributed by atoms with Crippen LogP contribution in [-0.4, -0.2) is 31.6 Å². The van der Waals surface area contributed by atoms with Gasteiger partial charge in [0.15, 0.2) is 0 Å². The molecule has 0 aliphatic carbocycles. The van der Waals surface area contributed by atoms with Crippen molar-refractivity contribution in [3.8, 4) is 5.75 Å². The number of anilines is 1. The minimum atomic E-state index is -0.399. The topological polar surface area (TPSA) is 70.7 Å². The molecule has 2 aromatic rings. The van der Waals surface area contributed by atoms with Crippen LogP contribution in [0.25, 0.3) is 0 Å². The Morgan fingerprint density at radius 3 is 2.73 bits per heavy atom. The molecule has 6 nitrogen and oxygen atoms in total. The number of urea groups is 1. The van der Waals surface area contributed by atoms with Crippen LogP contribution in [0.4, 0.5) is 14.9 Å². The molecule has 136 valence electrons. The van der Waals surface area contributed by atoms with Crippen LogP contribution in [0.2, 0.25) is 0 Å². The lowest BCUT2D eigenvalue weighted by Crippen LogP contribution is -2.43. The van der Waals surface area contributed by atoms with E-state index < -0.39 is 5.82 Å². The van der Waals surface area contributed by atoms with E-state index in [1.807, 2.05) is 24.3 Å². The Morgan fingerprint density at radius 1 is 1.27 bits per heavy atom. The van der Waals surface area contributed by atoms with Crippen LogP contribution in [0.15, 0.2) is 48.5 Å². The number of methoxy groups -OCH3 is 1. The van der Waals surface area contributed by atoms with Gasteiger partial charge in [0, 0.05) is 25.2 Å². The van der Waals surface area contributed by atoms with Crippen molar-refractivity contribution in [1.82, 2.24) is 10.6 Å². The summed E-state index contributed by atoms with van der Waals surface area (Å²) in [4.78, 5) is 25.7. The Hall–Kier alpha value is -3.09. The Kier molecular flexibility index (Phi) is 5.36. The molecule has 2 aromatic carbocycles. The highest BCUT2D eigenvalue weighted by molar-refractivity contribution is 5.96. The third-order valence-electron chi connectivity index (χ3n) is 4.19. The van der Waals surface area contributed by atoms with E-state index in [1.165, 1.54) is 17.0 Å².